The summed E-state index contributed by atoms with van der Waals surface area (Å²) in [6.07, 6.45) is 1.28. The third-order valence-corrected chi connectivity index (χ3v) is 6.55. The van der Waals surface area contributed by atoms with Gasteiger partial charge in [-0.2, -0.15) is 4.98 Å². The smallest absolute Gasteiger partial charge is 0.247 e. The van der Waals surface area contributed by atoms with Gasteiger partial charge in [0.1, 0.15) is 5.75 Å². The van der Waals surface area contributed by atoms with E-state index in [1.165, 1.54) is 11.8 Å². The molecule has 0 unspecified atom stereocenters. The Morgan fingerprint density at radius 3 is 2.32 bits per heavy atom. The van der Waals surface area contributed by atoms with Crippen LogP contribution in [0.2, 0.25) is 0 Å². The van der Waals surface area contributed by atoms with Crippen LogP contribution in [0.15, 0.2) is 54.2 Å². The van der Waals surface area contributed by atoms with Crippen LogP contribution in [0, 0.1) is 0 Å². The molecule has 178 valence electrons. The Labute approximate surface area is 205 Å². The van der Waals surface area contributed by atoms with E-state index in [2.05, 4.69) is 68.6 Å². The Bertz CT molecular complexity index is 1190. The van der Waals surface area contributed by atoms with E-state index >= 15 is 0 Å². The first-order valence-corrected chi connectivity index (χ1v) is 12.4. The number of anilines is 1. The van der Waals surface area contributed by atoms with Gasteiger partial charge in [-0.3, -0.25) is 0 Å². The largest absolute Gasteiger partial charge is 0.507 e. The van der Waals surface area contributed by atoms with Crippen molar-refractivity contribution in [2.45, 2.75) is 63.8 Å². The number of thioether (sulfide) groups is 1. The number of rotatable bonds is 4. The number of phenolic OH excluding ortho intramolecular Hbond substituents is 1. The summed E-state index contributed by atoms with van der Waals surface area (Å²) in [6.45, 7) is 16.4. The van der Waals surface area contributed by atoms with Gasteiger partial charge in [0.15, 0.2) is 11.9 Å². The number of benzene rings is 2. The van der Waals surface area contributed by atoms with Crippen molar-refractivity contribution >= 4 is 17.4 Å². The maximum atomic E-state index is 11.2. The average molecular weight is 477 g/mol. The molecule has 7 heteroatoms. The standard InChI is InChI=1S/C27H32N4O2S/c1-8-13-34-25-29-24-21(30-31-25)17-11-9-10-12-20(17)28-23(33-24)16-14-18(26(2,3)4)22(32)19(15-16)27(5,6)7/h8-12,14-15,23,28,32H,1,13H2,2-7H3/t23-/m1/s1. The highest BCUT2D eigenvalue weighted by molar-refractivity contribution is 7.99. The molecule has 0 fully saturated rings. The fourth-order valence-electron chi connectivity index (χ4n) is 3.94. The zero-order chi connectivity index (χ0) is 24.7. The van der Waals surface area contributed by atoms with Crippen LogP contribution in [0.3, 0.4) is 0 Å². The topological polar surface area (TPSA) is 80.2 Å². The number of fused-ring (bicyclic) bond motifs is 3. The molecular formula is C27H32N4O2S. The van der Waals surface area contributed by atoms with Crippen molar-refractivity contribution < 1.29 is 9.84 Å². The van der Waals surface area contributed by atoms with Gasteiger partial charge in [-0.15, -0.1) is 16.8 Å². The molecule has 1 aliphatic rings. The summed E-state index contributed by atoms with van der Waals surface area (Å²) in [5, 5.41) is 24.0. The van der Waals surface area contributed by atoms with Crippen LogP contribution in [0.25, 0.3) is 11.3 Å². The molecule has 0 radical (unpaired) electrons. The summed E-state index contributed by atoms with van der Waals surface area (Å²) in [4.78, 5) is 4.68. The third kappa shape index (κ3) is 4.75. The van der Waals surface area contributed by atoms with Gasteiger partial charge in [0.25, 0.3) is 0 Å². The quantitative estimate of drug-likeness (QED) is 0.323. The SMILES string of the molecule is C=CCSc1nnc2c(n1)O[C@H](c1cc(C(C)(C)C)c(O)c(C(C)(C)C)c1)Nc1ccccc1-2. The average Bonchev–Trinajstić information content (AvgIpc) is 2.92. The van der Waals surface area contributed by atoms with Gasteiger partial charge in [0.2, 0.25) is 11.0 Å². The van der Waals surface area contributed by atoms with Crippen molar-refractivity contribution in [2.75, 3.05) is 11.1 Å². The zero-order valence-corrected chi connectivity index (χ0v) is 21.5. The molecule has 1 atom stereocenters. The molecule has 0 bridgehead atoms. The minimum atomic E-state index is -0.529. The second-order valence-corrected chi connectivity index (χ2v) is 11.5. The highest BCUT2D eigenvalue weighted by atomic mass is 32.2. The second kappa shape index (κ2) is 8.95. The molecule has 0 aliphatic carbocycles. The van der Waals surface area contributed by atoms with Crippen molar-refractivity contribution in [1.82, 2.24) is 15.2 Å². The van der Waals surface area contributed by atoms with Crippen molar-refractivity contribution in [3.63, 3.8) is 0 Å². The Hall–Kier alpha value is -3.06. The number of phenols is 1. The first kappa shape index (κ1) is 24.1. The van der Waals surface area contributed by atoms with Crippen LogP contribution in [0.1, 0.15) is 64.5 Å². The zero-order valence-electron chi connectivity index (χ0n) is 20.6. The van der Waals surface area contributed by atoms with E-state index < -0.39 is 6.23 Å². The lowest BCUT2D eigenvalue weighted by atomic mass is 9.78. The molecular weight excluding hydrogens is 444 g/mol. The van der Waals surface area contributed by atoms with Crippen LogP contribution < -0.4 is 10.1 Å². The molecule has 0 saturated heterocycles. The molecule has 3 aromatic rings. The third-order valence-electron chi connectivity index (χ3n) is 5.71. The summed E-state index contributed by atoms with van der Waals surface area (Å²) < 4.78 is 6.48. The maximum absolute atomic E-state index is 11.2. The molecule has 0 saturated carbocycles. The minimum Gasteiger partial charge on any atom is -0.507 e. The fraction of sp³-hybridized carbons (Fsp3) is 0.370. The number of hydrogen-bond acceptors (Lipinski definition) is 7. The van der Waals surface area contributed by atoms with E-state index in [1.54, 1.807) is 6.08 Å². The summed E-state index contributed by atoms with van der Waals surface area (Å²) in [6, 6.07) is 12.0. The van der Waals surface area contributed by atoms with E-state index in [1.807, 2.05) is 36.4 Å². The number of nitrogens with zero attached hydrogens (tertiary/aromatic N) is 3. The van der Waals surface area contributed by atoms with Gasteiger partial charge in [0.05, 0.1) is 0 Å². The van der Waals surface area contributed by atoms with Crippen LogP contribution >= 0.6 is 11.8 Å². The Morgan fingerprint density at radius 2 is 1.71 bits per heavy atom. The van der Waals surface area contributed by atoms with Gasteiger partial charge in [-0.1, -0.05) is 77.6 Å². The van der Waals surface area contributed by atoms with E-state index in [4.69, 9.17) is 4.74 Å². The minimum absolute atomic E-state index is 0.251. The van der Waals surface area contributed by atoms with Crippen LogP contribution in [0.4, 0.5) is 5.69 Å². The summed E-state index contributed by atoms with van der Waals surface area (Å²) in [5.74, 6) is 1.44. The number of nitrogens with one attached hydrogen (secondary N) is 1. The molecule has 2 heterocycles. The van der Waals surface area contributed by atoms with Gasteiger partial charge >= 0.3 is 0 Å². The molecule has 1 aliphatic heterocycles. The lowest BCUT2D eigenvalue weighted by molar-refractivity contribution is 0.224. The number of aromatic nitrogens is 3. The molecule has 4 rings (SSSR count). The molecule has 2 aromatic carbocycles. The Balaban J connectivity index is 1.89. The first-order chi connectivity index (χ1) is 16.0. The van der Waals surface area contributed by atoms with Crippen molar-refractivity contribution in [3.8, 4) is 22.9 Å². The summed E-state index contributed by atoms with van der Waals surface area (Å²) in [5.41, 5.74) is 4.52. The van der Waals surface area contributed by atoms with Crippen molar-refractivity contribution in [2.24, 2.45) is 0 Å². The van der Waals surface area contributed by atoms with Gasteiger partial charge in [0, 0.05) is 33.7 Å². The second-order valence-electron chi connectivity index (χ2n) is 10.5. The normalized spacial score (nSPS) is 15.4. The number of para-hydroxylation sites is 1. The maximum Gasteiger partial charge on any atom is 0.247 e. The predicted octanol–water partition coefficient (Wildman–Crippen LogP) is 6.62. The first-order valence-electron chi connectivity index (χ1n) is 11.4. The van der Waals surface area contributed by atoms with E-state index in [0.717, 1.165) is 27.9 Å². The van der Waals surface area contributed by atoms with E-state index in [0.29, 0.717) is 28.2 Å². The van der Waals surface area contributed by atoms with Crippen LogP contribution in [0.5, 0.6) is 11.6 Å². The van der Waals surface area contributed by atoms with Crippen molar-refractivity contribution in [3.05, 3.63) is 65.7 Å². The van der Waals surface area contributed by atoms with E-state index in [-0.39, 0.29) is 10.8 Å². The monoisotopic (exact) mass is 476 g/mol. The lowest BCUT2D eigenvalue weighted by Gasteiger charge is -2.30. The van der Waals surface area contributed by atoms with Crippen LogP contribution in [-0.2, 0) is 10.8 Å². The molecule has 34 heavy (non-hydrogen) atoms. The Kier molecular flexibility index (Phi) is 6.34. The van der Waals surface area contributed by atoms with Crippen molar-refractivity contribution in [1.29, 1.82) is 0 Å². The number of hydrogen-bond donors (Lipinski definition) is 2. The van der Waals surface area contributed by atoms with Crippen LogP contribution in [-0.4, -0.2) is 26.0 Å². The summed E-state index contributed by atoms with van der Waals surface area (Å²) in [7, 11) is 0. The highest BCUT2D eigenvalue weighted by Gasteiger charge is 2.31. The number of aromatic hydroxyl groups is 1. The molecule has 0 spiro atoms. The molecule has 0 amide bonds. The lowest BCUT2D eigenvalue weighted by Crippen LogP contribution is -2.22. The molecule has 6 nitrogen and oxygen atoms in total. The fourth-order valence-corrected chi connectivity index (χ4v) is 4.46. The summed E-state index contributed by atoms with van der Waals surface area (Å²) >= 11 is 1.46. The van der Waals surface area contributed by atoms with Gasteiger partial charge < -0.3 is 15.2 Å². The Morgan fingerprint density at radius 1 is 1.06 bits per heavy atom. The van der Waals surface area contributed by atoms with Gasteiger partial charge in [-0.25, -0.2) is 0 Å². The number of ether oxygens (including phenoxy) is 1. The predicted molar refractivity (Wildman–Crippen MR) is 139 cm³/mol. The van der Waals surface area contributed by atoms with Gasteiger partial charge in [-0.05, 0) is 29.0 Å². The highest BCUT2D eigenvalue weighted by Crippen LogP contribution is 2.44. The molecule has 1 aromatic heterocycles. The molecule has 2 N–H and O–H groups in total. The van der Waals surface area contributed by atoms with E-state index in [9.17, 15) is 5.11 Å².